The fourth-order valence-electron chi connectivity index (χ4n) is 2.99. The van der Waals surface area contributed by atoms with Crippen LogP contribution >= 0.6 is 0 Å². The minimum absolute atomic E-state index is 0.0965. The van der Waals surface area contributed by atoms with Crippen LogP contribution in [-0.4, -0.2) is 44.9 Å². The van der Waals surface area contributed by atoms with E-state index in [0.717, 1.165) is 16.9 Å². The molecule has 0 fully saturated rings. The molecule has 0 aromatic heterocycles. The summed E-state index contributed by atoms with van der Waals surface area (Å²) in [6, 6.07) is 12.7. The molecule has 1 aliphatic heterocycles. The molecule has 0 spiro atoms. The molecule has 2 aromatic rings. The summed E-state index contributed by atoms with van der Waals surface area (Å²) in [6.07, 6.45) is 0. The Kier molecular flexibility index (Phi) is 6.46. The third-order valence-corrected chi connectivity index (χ3v) is 4.46. The van der Waals surface area contributed by atoms with Gasteiger partial charge in [-0.2, -0.15) is 5.10 Å². The van der Waals surface area contributed by atoms with Crippen LogP contribution in [-0.2, 0) is 20.9 Å². The predicted octanol–water partition coefficient (Wildman–Crippen LogP) is 2.11. The largest absolute Gasteiger partial charge is 0.496 e. The first-order valence-electron chi connectivity index (χ1n) is 9.05. The standard InChI is InChI=1S/C21H23N3O5/c1-14(15-8-9-18(28-3)16(10-15)12-27-2)22-23-20(25)11-24-17-6-4-5-7-19(17)29-13-21(24)26/h4-10H,11-13H2,1-3H3,(H,23,25)/b22-14-. The predicted molar refractivity (Wildman–Crippen MR) is 108 cm³/mol. The average Bonchev–Trinajstić information content (AvgIpc) is 2.74. The van der Waals surface area contributed by atoms with Crippen molar-refractivity contribution in [1.29, 1.82) is 0 Å². The van der Waals surface area contributed by atoms with Gasteiger partial charge in [0.2, 0.25) is 0 Å². The summed E-state index contributed by atoms with van der Waals surface area (Å²) in [5, 5.41) is 4.16. The number of nitrogens with one attached hydrogen (secondary N) is 1. The number of anilines is 1. The fraction of sp³-hybridized carbons (Fsp3) is 0.286. The van der Waals surface area contributed by atoms with Gasteiger partial charge >= 0.3 is 0 Å². The van der Waals surface area contributed by atoms with Crippen LogP contribution in [0.3, 0.4) is 0 Å². The molecular weight excluding hydrogens is 374 g/mol. The van der Waals surface area contributed by atoms with Gasteiger partial charge in [0.15, 0.2) is 6.61 Å². The van der Waals surface area contributed by atoms with Gasteiger partial charge in [0, 0.05) is 12.7 Å². The highest BCUT2D eigenvalue weighted by Crippen LogP contribution is 2.31. The molecule has 0 bridgehead atoms. The number of fused-ring (bicyclic) bond motifs is 1. The maximum absolute atomic E-state index is 12.4. The van der Waals surface area contributed by atoms with Crippen molar-refractivity contribution in [3.63, 3.8) is 0 Å². The van der Waals surface area contributed by atoms with E-state index in [-0.39, 0.29) is 19.1 Å². The number of hydrogen-bond acceptors (Lipinski definition) is 6. The third kappa shape index (κ3) is 4.72. The molecule has 0 saturated carbocycles. The van der Waals surface area contributed by atoms with Crippen LogP contribution in [0.4, 0.5) is 5.69 Å². The van der Waals surface area contributed by atoms with Gasteiger partial charge in [-0.1, -0.05) is 12.1 Å². The van der Waals surface area contributed by atoms with E-state index in [4.69, 9.17) is 14.2 Å². The molecule has 1 N–H and O–H groups in total. The minimum Gasteiger partial charge on any atom is -0.496 e. The molecule has 0 radical (unpaired) electrons. The average molecular weight is 397 g/mol. The van der Waals surface area contributed by atoms with Crippen LogP contribution in [0.25, 0.3) is 0 Å². The van der Waals surface area contributed by atoms with E-state index in [0.29, 0.717) is 23.8 Å². The molecule has 152 valence electrons. The van der Waals surface area contributed by atoms with Crippen molar-refractivity contribution in [2.45, 2.75) is 13.5 Å². The minimum atomic E-state index is -0.403. The second kappa shape index (κ2) is 9.20. The van der Waals surface area contributed by atoms with Gasteiger partial charge in [0.05, 0.1) is 25.1 Å². The Morgan fingerprint density at radius 2 is 2.03 bits per heavy atom. The van der Waals surface area contributed by atoms with Crippen LogP contribution in [0.15, 0.2) is 47.6 Å². The highest BCUT2D eigenvalue weighted by atomic mass is 16.5. The van der Waals surface area contributed by atoms with Crippen molar-refractivity contribution in [2.75, 3.05) is 32.3 Å². The Bertz CT molecular complexity index is 942. The molecule has 1 aliphatic rings. The summed E-state index contributed by atoms with van der Waals surface area (Å²) in [5.41, 5.74) is 5.40. The summed E-state index contributed by atoms with van der Waals surface area (Å²) < 4.78 is 15.9. The first kappa shape index (κ1) is 20.3. The summed E-state index contributed by atoms with van der Waals surface area (Å²) >= 11 is 0. The summed E-state index contributed by atoms with van der Waals surface area (Å²) in [6.45, 7) is 1.94. The number of nitrogens with zero attached hydrogens (tertiary/aromatic N) is 2. The number of carbonyl (C=O) groups excluding carboxylic acids is 2. The van der Waals surface area contributed by atoms with E-state index in [1.807, 2.05) is 24.3 Å². The van der Waals surface area contributed by atoms with Gasteiger partial charge in [0.25, 0.3) is 11.8 Å². The topological polar surface area (TPSA) is 89.5 Å². The van der Waals surface area contributed by atoms with Crippen LogP contribution < -0.4 is 19.8 Å². The molecular formula is C21H23N3O5. The Morgan fingerprint density at radius 1 is 1.24 bits per heavy atom. The number of benzene rings is 2. The Balaban J connectivity index is 1.69. The molecule has 29 heavy (non-hydrogen) atoms. The quantitative estimate of drug-likeness (QED) is 0.571. The number of rotatable bonds is 7. The van der Waals surface area contributed by atoms with Gasteiger partial charge in [-0.15, -0.1) is 0 Å². The van der Waals surface area contributed by atoms with E-state index < -0.39 is 5.91 Å². The zero-order chi connectivity index (χ0) is 20.8. The maximum Gasteiger partial charge on any atom is 0.265 e. The lowest BCUT2D eigenvalue weighted by Crippen LogP contribution is -2.44. The van der Waals surface area contributed by atoms with E-state index in [9.17, 15) is 9.59 Å². The number of carbonyl (C=O) groups is 2. The zero-order valence-electron chi connectivity index (χ0n) is 16.6. The molecule has 2 aromatic carbocycles. The lowest BCUT2D eigenvalue weighted by atomic mass is 10.1. The van der Waals surface area contributed by atoms with Gasteiger partial charge < -0.3 is 14.2 Å². The highest BCUT2D eigenvalue weighted by Gasteiger charge is 2.26. The molecule has 0 unspecified atom stereocenters. The van der Waals surface area contributed by atoms with E-state index in [1.54, 1.807) is 39.3 Å². The highest BCUT2D eigenvalue weighted by molar-refractivity contribution is 6.03. The number of amides is 2. The van der Waals surface area contributed by atoms with Gasteiger partial charge in [-0.25, -0.2) is 5.43 Å². The summed E-state index contributed by atoms with van der Waals surface area (Å²) in [4.78, 5) is 25.9. The monoisotopic (exact) mass is 397 g/mol. The molecule has 3 rings (SSSR count). The van der Waals surface area contributed by atoms with Crippen molar-refractivity contribution in [3.05, 3.63) is 53.6 Å². The maximum atomic E-state index is 12.4. The lowest BCUT2D eigenvalue weighted by Gasteiger charge is -2.28. The number of methoxy groups -OCH3 is 2. The summed E-state index contributed by atoms with van der Waals surface area (Å²) in [5.74, 6) is 0.611. The Labute approximate surface area is 169 Å². The van der Waals surface area contributed by atoms with Crippen molar-refractivity contribution in [2.24, 2.45) is 5.10 Å². The zero-order valence-corrected chi connectivity index (χ0v) is 16.6. The number of para-hydroxylation sites is 2. The normalized spacial score (nSPS) is 13.6. The smallest absolute Gasteiger partial charge is 0.265 e. The molecule has 0 saturated heterocycles. The van der Waals surface area contributed by atoms with Gasteiger partial charge in [-0.05, 0) is 42.8 Å². The molecule has 0 aliphatic carbocycles. The van der Waals surface area contributed by atoms with Crippen LogP contribution in [0.5, 0.6) is 11.5 Å². The van der Waals surface area contributed by atoms with Crippen molar-refractivity contribution >= 4 is 23.2 Å². The molecule has 8 heteroatoms. The molecule has 2 amide bonds. The van der Waals surface area contributed by atoms with Gasteiger partial charge in [0.1, 0.15) is 18.0 Å². The van der Waals surface area contributed by atoms with Crippen LogP contribution in [0, 0.1) is 0 Å². The summed E-state index contributed by atoms with van der Waals surface area (Å²) in [7, 11) is 3.21. The second-order valence-corrected chi connectivity index (χ2v) is 6.43. The molecule has 1 heterocycles. The van der Waals surface area contributed by atoms with Gasteiger partial charge in [-0.3, -0.25) is 14.5 Å². The lowest BCUT2D eigenvalue weighted by molar-refractivity contribution is -0.125. The first-order valence-corrected chi connectivity index (χ1v) is 9.05. The van der Waals surface area contributed by atoms with E-state index in [2.05, 4.69) is 10.5 Å². The number of ether oxygens (including phenoxy) is 3. The van der Waals surface area contributed by atoms with Crippen molar-refractivity contribution < 1.29 is 23.8 Å². The van der Waals surface area contributed by atoms with Crippen molar-refractivity contribution in [3.8, 4) is 11.5 Å². The Hall–Kier alpha value is -3.39. The van der Waals surface area contributed by atoms with E-state index >= 15 is 0 Å². The number of hydrogen-bond donors (Lipinski definition) is 1. The van der Waals surface area contributed by atoms with Crippen molar-refractivity contribution in [1.82, 2.24) is 5.43 Å². The first-order chi connectivity index (χ1) is 14.0. The SMILES string of the molecule is COCc1cc(/C(C)=N\NC(=O)CN2C(=O)COc3ccccc32)ccc1OC. The molecule has 8 nitrogen and oxygen atoms in total. The van der Waals surface area contributed by atoms with Crippen LogP contribution in [0.2, 0.25) is 0 Å². The van der Waals surface area contributed by atoms with Crippen LogP contribution in [0.1, 0.15) is 18.1 Å². The third-order valence-electron chi connectivity index (χ3n) is 4.46. The van der Waals surface area contributed by atoms with E-state index in [1.165, 1.54) is 4.90 Å². The number of hydrazone groups is 1. The fourth-order valence-corrected chi connectivity index (χ4v) is 2.99. The molecule has 0 atom stereocenters. The Morgan fingerprint density at radius 3 is 2.79 bits per heavy atom. The second-order valence-electron chi connectivity index (χ2n) is 6.43.